The molecule has 0 bridgehead atoms. The van der Waals surface area contributed by atoms with Crippen molar-refractivity contribution in [3.05, 3.63) is 29.8 Å². The van der Waals surface area contributed by atoms with Crippen molar-refractivity contribution in [1.82, 2.24) is 0 Å². The van der Waals surface area contributed by atoms with Gasteiger partial charge in [-0.1, -0.05) is 12.1 Å². The molecule has 88 valence electrons. The number of thioether (sulfide) groups is 1. The molecule has 2 unspecified atom stereocenters. The average Bonchev–Trinajstić information content (AvgIpc) is 2.80. The molecule has 1 aromatic carbocycles. The van der Waals surface area contributed by atoms with Crippen LogP contribution in [-0.2, 0) is 4.74 Å². The Morgan fingerprint density at radius 2 is 2.19 bits per heavy atom. The van der Waals surface area contributed by atoms with Crippen LogP contribution < -0.4 is 0 Å². The van der Waals surface area contributed by atoms with Crippen molar-refractivity contribution in [2.75, 3.05) is 12.4 Å². The van der Waals surface area contributed by atoms with Crippen molar-refractivity contribution in [2.45, 2.75) is 36.9 Å². The van der Waals surface area contributed by atoms with Crippen molar-refractivity contribution in [3.63, 3.8) is 0 Å². The van der Waals surface area contributed by atoms with Crippen molar-refractivity contribution in [1.29, 1.82) is 0 Å². The first kappa shape index (κ1) is 12.0. The second-order valence-corrected chi connectivity index (χ2v) is 5.28. The van der Waals surface area contributed by atoms with Gasteiger partial charge in [0.1, 0.15) is 0 Å². The number of hydrogen-bond acceptors (Lipinski definition) is 3. The highest BCUT2D eigenvalue weighted by atomic mass is 32.2. The van der Waals surface area contributed by atoms with Gasteiger partial charge in [0.15, 0.2) is 0 Å². The summed E-state index contributed by atoms with van der Waals surface area (Å²) in [7, 11) is 0. The Kier molecular flexibility index (Phi) is 4.27. The Balaban J connectivity index is 1.84. The maximum absolute atomic E-state index is 9.39. The zero-order chi connectivity index (χ0) is 11.4. The van der Waals surface area contributed by atoms with Crippen LogP contribution in [0.25, 0.3) is 0 Å². The van der Waals surface area contributed by atoms with Crippen LogP contribution in [0.3, 0.4) is 0 Å². The van der Waals surface area contributed by atoms with E-state index in [9.17, 15) is 5.11 Å². The lowest BCUT2D eigenvalue weighted by Crippen LogP contribution is -2.07. The molecule has 1 fully saturated rings. The fourth-order valence-electron chi connectivity index (χ4n) is 1.81. The third-order valence-electron chi connectivity index (χ3n) is 2.82. The smallest absolute Gasteiger partial charge is 0.0761 e. The van der Waals surface area contributed by atoms with E-state index in [0.717, 1.165) is 17.9 Å². The van der Waals surface area contributed by atoms with Crippen molar-refractivity contribution >= 4 is 11.8 Å². The van der Waals surface area contributed by atoms with E-state index in [-0.39, 0.29) is 6.10 Å². The zero-order valence-corrected chi connectivity index (χ0v) is 10.4. The van der Waals surface area contributed by atoms with Gasteiger partial charge in [0.25, 0.3) is 0 Å². The molecular weight excluding hydrogens is 220 g/mol. The van der Waals surface area contributed by atoms with Crippen LogP contribution >= 0.6 is 11.8 Å². The van der Waals surface area contributed by atoms with Crippen LogP contribution in [0.2, 0.25) is 0 Å². The molecular formula is C13H18O2S. The summed E-state index contributed by atoms with van der Waals surface area (Å²) in [5, 5.41) is 9.39. The van der Waals surface area contributed by atoms with Crippen molar-refractivity contribution in [3.8, 4) is 0 Å². The van der Waals surface area contributed by atoms with E-state index in [1.54, 1.807) is 6.92 Å². The molecule has 0 aliphatic carbocycles. The van der Waals surface area contributed by atoms with Gasteiger partial charge in [-0.05, 0) is 37.5 Å². The molecule has 1 N–H and O–H groups in total. The van der Waals surface area contributed by atoms with Gasteiger partial charge in [-0.25, -0.2) is 0 Å². The molecule has 1 aliphatic rings. The summed E-state index contributed by atoms with van der Waals surface area (Å²) in [4.78, 5) is 1.25. The molecule has 1 heterocycles. The largest absolute Gasteiger partial charge is 0.389 e. The quantitative estimate of drug-likeness (QED) is 0.818. The highest BCUT2D eigenvalue weighted by Crippen LogP contribution is 2.25. The van der Waals surface area contributed by atoms with E-state index in [0.29, 0.717) is 6.10 Å². The van der Waals surface area contributed by atoms with Gasteiger partial charge >= 0.3 is 0 Å². The molecule has 2 nitrogen and oxygen atoms in total. The van der Waals surface area contributed by atoms with E-state index < -0.39 is 0 Å². The average molecular weight is 238 g/mol. The number of rotatable bonds is 4. The topological polar surface area (TPSA) is 29.5 Å². The van der Waals surface area contributed by atoms with Gasteiger partial charge in [-0.3, -0.25) is 0 Å². The summed E-state index contributed by atoms with van der Waals surface area (Å²) in [6, 6.07) is 8.12. The minimum Gasteiger partial charge on any atom is -0.389 e. The van der Waals surface area contributed by atoms with Gasteiger partial charge in [0.05, 0.1) is 12.2 Å². The number of aliphatic hydroxyl groups is 1. The second kappa shape index (κ2) is 5.71. The first-order valence-corrected chi connectivity index (χ1v) is 6.76. The van der Waals surface area contributed by atoms with Crippen LogP contribution in [0.15, 0.2) is 29.2 Å². The standard InChI is InChI=1S/C13H18O2S/c1-10(14)11-4-6-13(7-5-11)16-9-12-3-2-8-15-12/h4-7,10,12,14H,2-3,8-9H2,1H3. The van der Waals surface area contributed by atoms with Crippen LogP contribution in [0.5, 0.6) is 0 Å². The molecule has 1 aromatic rings. The number of hydrogen-bond donors (Lipinski definition) is 1. The van der Waals surface area contributed by atoms with Crippen molar-refractivity contribution < 1.29 is 9.84 Å². The predicted molar refractivity (Wildman–Crippen MR) is 66.8 cm³/mol. The Labute approximate surface area is 101 Å². The van der Waals surface area contributed by atoms with Crippen LogP contribution in [-0.4, -0.2) is 23.6 Å². The van der Waals surface area contributed by atoms with Gasteiger partial charge in [-0.15, -0.1) is 11.8 Å². The number of benzene rings is 1. The molecule has 2 atom stereocenters. The summed E-state index contributed by atoms with van der Waals surface area (Å²) in [5.74, 6) is 1.04. The molecule has 2 rings (SSSR count). The summed E-state index contributed by atoms with van der Waals surface area (Å²) in [6.45, 7) is 2.71. The minimum absolute atomic E-state index is 0.378. The molecule has 0 radical (unpaired) electrons. The van der Waals surface area contributed by atoms with E-state index in [1.807, 2.05) is 23.9 Å². The Hall–Kier alpha value is -0.510. The lowest BCUT2D eigenvalue weighted by molar-refractivity contribution is 0.129. The van der Waals surface area contributed by atoms with Gasteiger partial charge in [0.2, 0.25) is 0 Å². The molecule has 1 saturated heterocycles. The minimum atomic E-state index is -0.378. The van der Waals surface area contributed by atoms with Crippen LogP contribution in [0, 0.1) is 0 Å². The van der Waals surface area contributed by atoms with E-state index >= 15 is 0 Å². The molecule has 0 spiro atoms. The third-order valence-corrected chi connectivity index (χ3v) is 3.97. The maximum Gasteiger partial charge on any atom is 0.0761 e. The molecule has 1 aliphatic heterocycles. The van der Waals surface area contributed by atoms with Crippen molar-refractivity contribution in [2.24, 2.45) is 0 Å². The highest BCUT2D eigenvalue weighted by Gasteiger charge is 2.15. The molecule has 0 aromatic heterocycles. The summed E-state index contributed by atoms with van der Waals surface area (Å²) < 4.78 is 5.58. The number of ether oxygens (including phenoxy) is 1. The maximum atomic E-state index is 9.39. The molecule has 0 saturated carbocycles. The SMILES string of the molecule is CC(O)c1ccc(SCC2CCCO2)cc1. The summed E-state index contributed by atoms with van der Waals surface area (Å²) in [5.41, 5.74) is 0.974. The van der Waals surface area contributed by atoms with Gasteiger partial charge in [0, 0.05) is 17.3 Å². The number of aliphatic hydroxyl groups excluding tert-OH is 1. The first-order chi connectivity index (χ1) is 7.75. The Morgan fingerprint density at radius 3 is 2.75 bits per heavy atom. The molecule has 16 heavy (non-hydrogen) atoms. The fraction of sp³-hybridized carbons (Fsp3) is 0.538. The summed E-state index contributed by atoms with van der Waals surface area (Å²) in [6.07, 6.45) is 2.45. The van der Waals surface area contributed by atoms with Crippen LogP contribution in [0.4, 0.5) is 0 Å². The Morgan fingerprint density at radius 1 is 1.44 bits per heavy atom. The predicted octanol–water partition coefficient (Wildman–Crippen LogP) is 3.01. The lowest BCUT2D eigenvalue weighted by Gasteiger charge is -2.09. The first-order valence-electron chi connectivity index (χ1n) is 5.78. The normalized spacial score (nSPS) is 22.2. The highest BCUT2D eigenvalue weighted by molar-refractivity contribution is 7.99. The molecule has 3 heteroatoms. The fourth-order valence-corrected chi connectivity index (χ4v) is 2.78. The van der Waals surface area contributed by atoms with Gasteiger partial charge < -0.3 is 9.84 Å². The monoisotopic (exact) mass is 238 g/mol. The van der Waals surface area contributed by atoms with Gasteiger partial charge in [-0.2, -0.15) is 0 Å². The van der Waals surface area contributed by atoms with E-state index in [2.05, 4.69) is 12.1 Å². The third kappa shape index (κ3) is 3.24. The lowest BCUT2D eigenvalue weighted by atomic mass is 10.1. The summed E-state index contributed by atoms with van der Waals surface area (Å²) >= 11 is 1.83. The zero-order valence-electron chi connectivity index (χ0n) is 9.56. The van der Waals surface area contributed by atoms with E-state index in [4.69, 9.17) is 4.74 Å². The Bertz CT molecular complexity index is 315. The van der Waals surface area contributed by atoms with E-state index in [1.165, 1.54) is 17.7 Å². The second-order valence-electron chi connectivity index (χ2n) is 4.19. The van der Waals surface area contributed by atoms with Crippen LogP contribution in [0.1, 0.15) is 31.4 Å². The molecule has 0 amide bonds.